The standard InChI is InChI=1S/C10H11F2NO/c11-10(12)8-4-3-7(2-1-5-13)9(14)6-8/h1-4,6,10,14H,5,13H2/b2-1+. The molecule has 0 saturated heterocycles. The van der Waals surface area contributed by atoms with Crippen molar-refractivity contribution in [1.29, 1.82) is 0 Å². The van der Waals surface area contributed by atoms with Crippen molar-refractivity contribution >= 4 is 6.08 Å². The Bertz CT molecular complexity index is 337. The molecule has 2 nitrogen and oxygen atoms in total. The van der Waals surface area contributed by atoms with Crippen LogP contribution in [0.4, 0.5) is 8.78 Å². The second-order valence-electron chi connectivity index (χ2n) is 2.76. The van der Waals surface area contributed by atoms with Crippen LogP contribution in [0.25, 0.3) is 6.08 Å². The van der Waals surface area contributed by atoms with Crippen LogP contribution in [0.5, 0.6) is 5.75 Å². The Balaban J connectivity index is 2.95. The van der Waals surface area contributed by atoms with Gasteiger partial charge in [0.1, 0.15) is 5.75 Å². The summed E-state index contributed by atoms with van der Waals surface area (Å²) in [5.41, 5.74) is 5.51. The molecule has 3 N–H and O–H groups in total. The van der Waals surface area contributed by atoms with E-state index >= 15 is 0 Å². The van der Waals surface area contributed by atoms with E-state index in [2.05, 4.69) is 0 Å². The van der Waals surface area contributed by atoms with Gasteiger partial charge < -0.3 is 10.8 Å². The third kappa shape index (κ3) is 2.53. The highest BCUT2D eigenvalue weighted by Gasteiger charge is 2.08. The van der Waals surface area contributed by atoms with Crippen LogP contribution in [-0.2, 0) is 0 Å². The fourth-order valence-electron chi connectivity index (χ4n) is 1.03. The third-order valence-corrected chi connectivity index (χ3v) is 1.74. The molecule has 0 aromatic heterocycles. The van der Waals surface area contributed by atoms with Gasteiger partial charge in [-0.3, -0.25) is 0 Å². The van der Waals surface area contributed by atoms with E-state index in [1.165, 1.54) is 12.1 Å². The minimum Gasteiger partial charge on any atom is -0.507 e. The zero-order valence-electron chi connectivity index (χ0n) is 7.45. The molecule has 1 rings (SSSR count). The molecule has 0 radical (unpaired) electrons. The zero-order valence-corrected chi connectivity index (χ0v) is 7.45. The van der Waals surface area contributed by atoms with Crippen LogP contribution >= 0.6 is 0 Å². The molecule has 0 amide bonds. The number of phenols is 1. The number of phenolic OH excluding ortho intramolecular Hbond substituents is 1. The highest BCUT2D eigenvalue weighted by molar-refractivity contribution is 5.57. The van der Waals surface area contributed by atoms with Gasteiger partial charge in [0.25, 0.3) is 6.43 Å². The van der Waals surface area contributed by atoms with Gasteiger partial charge in [0.2, 0.25) is 0 Å². The lowest BCUT2D eigenvalue weighted by molar-refractivity contribution is 0.151. The van der Waals surface area contributed by atoms with Gasteiger partial charge >= 0.3 is 0 Å². The molecule has 0 bridgehead atoms. The number of benzene rings is 1. The number of hydrogen-bond acceptors (Lipinski definition) is 2. The number of alkyl halides is 2. The Morgan fingerprint density at radius 3 is 2.64 bits per heavy atom. The second-order valence-corrected chi connectivity index (χ2v) is 2.76. The molecule has 0 aliphatic rings. The van der Waals surface area contributed by atoms with Gasteiger partial charge in [0.05, 0.1) is 0 Å². The topological polar surface area (TPSA) is 46.2 Å². The molecule has 0 aliphatic heterocycles. The smallest absolute Gasteiger partial charge is 0.263 e. The molecule has 0 unspecified atom stereocenters. The Kier molecular flexibility index (Phi) is 3.59. The molecule has 0 atom stereocenters. The van der Waals surface area contributed by atoms with Crippen molar-refractivity contribution in [2.24, 2.45) is 5.73 Å². The first-order valence-electron chi connectivity index (χ1n) is 4.13. The number of nitrogens with two attached hydrogens (primary N) is 1. The van der Waals surface area contributed by atoms with E-state index in [1.54, 1.807) is 12.2 Å². The lowest BCUT2D eigenvalue weighted by atomic mass is 10.1. The minimum absolute atomic E-state index is 0.160. The molecule has 4 heteroatoms. The van der Waals surface area contributed by atoms with Gasteiger partial charge in [-0.25, -0.2) is 8.78 Å². The monoisotopic (exact) mass is 199 g/mol. The van der Waals surface area contributed by atoms with Crippen molar-refractivity contribution in [3.8, 4) is 5.75 Å². The van der Waals surface area contributed by atoms with E-state index in [1.807, 2.05) is 0 Å². The van der Waals surface area contributed by atoms with Crippen LogP contribution in [0, 0.1) is 0 Å². The van der Waals surface area contributed by atoms with Crippen molar-refractivity contribution in [2.75, 3.05) is 6.54 Å². The number of aromatic hydroxyl groups is 1. The van der Waals surface area contributed by atoms with Gasteiger partial charge in [-0.2, -0.15) is 0 Å². The number of rotatable bonds is 3. The Labute approximate surface area is 80.7 Å². The fraction of sp³-hybridized carbons (Fsp3) is 0.200. The van der Waals surface area contributed by atoms with Crippen LogP contribution in [0.2, 0.25) is 0 Å². The SMILES string of the molecule is NC/C=C/c1ccc(C(F)F)cc1O. The first-order chi connectivity index (χ1) is 6.65. The molecule has 1 aromatic rings. The highest BCUT2D eigenvalue weighted by atomic mass is 19.3. The lowest BCUT2D eigenvalue weighted by Crippen LogP contribution is -1.92. The molecule has 0 heterocycles. The average Bonchev–Trinajstić information content (AvgIpc) is 2.15. The Hall–Kier alpha value is -1.42. The van der Waals surface area contributed by atoms with E-state index in [9.17, 15) is 13.9 Å². The molecular weight excluding hydrogens is 188 g/mol. The van der Waals surface area contributed by atoms with Gasteiger partial charge in [0, 0.05) is 17.7 Å². The minimum atomic E-state index is -2.56. The van der Waals surface area contributed by atoms with Gasteiger partial charge in [-0.05, 0) is 6.07 Å². The van der Waals surface area contributed by atoms with Gasteiger partial charge in [0.15, 0.2) is 0 Å². The van der Waals surface area contributed by atoms with Crippen molar-refractivity contribution < 1.29 is 13.9 Å². The van der Waals surface area contributed by atoms with E-state index in [-0.39, 0.29) is 11.3 Å². The molecule has 14 heavy (non-hydrogen) atoms. The molecule has 1 aromatic carbocycles. The van der Waals surface area contributed by atoms with E-state index in [4.69, 9.17) is 5.73 Å². The maximum absolute atomic E-state index is 12.2. The van der Waals surface area contributed by atoms with Gasteiger partial charge in [-0.15, -0.1) is 0 Å². The lowest BCUT2D eigenvalue weighted by Gasteiger charge is -2.03. The molecular formula is C10H11F2NO. The predicted molar refractivity (Wildman–Crippen MR) is 51.2 cm³/mol. The number of halogens is 2. The van der Waals surface area contributed by atoms with E-state index in [0.717, 1.165) is 6.07 Å². The Morgan fingerprint density at radius 2 is 2.14 bits per heavy atom. The summed E-state index contributed by atoms with van der Waals surface area (Å²) in [5.74, 6) is -0.160. The first-order valence-corrected chi connectivity index (χ1v) is 4.13. The third-order valence-electron chi connectivity index (χ3n) is 1.74. The zero-order chi connectivity index (χ0) is 10.6. The van der Waals surface area contributed by atoms with Crippen molar-refractivity contribution in [2.45, 2.75) is 6.43 Å². The van der Waals surface area contributed by atoms with Crippen LogP contribution in [-0.4, -0.2) is 11.7 Å². The summed E-state index contributed by atoms with van der Waals surface area (Å²) in [7, 11) is 0. The summed E-state index contributed by atoms with van der Waals surface area (Å²) in [5, 5.41) is 9.34. The summed E-state index contributed by atoms with van der Waals surface area (Å²) in [4.78, 5) is 0. The van der Waals surface area contributed by atoms with Crippen molar-refractivity contribution in [1.82, 2.24) is 0 Å². The van der Waals surface area contributed by atoms with Crippen LogP contribution in [0.15, 0.2) is 24.3 Å². The van der Waals surface area contributed by atoms with Gasteiger partial charge in [-0.1, -0.05) is 24.3 Å². The quantitative estimate of drug-likeness (QED) is 0.784. The Morgan fingerprint density at radius 1 is 1.43 bits per heavy atom. The summed E-state index contributed by atoms with van der Waals surface area (Å²) < 4.78 is 24.4. The molecule has 76 valence electrons. The maximum Gasteiger partial charge on any atom is 0.263 e. The largest absolute Gasteiger partial charge is 0.507 e. The summed E-state index contributed by atoms with van der Waals surface area (Å²) >= 11 is 0. The summed E-state index contributed by atoms with van der Waals surface area (Å²) in [6.45, 7) is 0.343. The van der Waals surface area contributed by atoms with Crippen molar-refractivity contribution in [3.63, 3.8) is 0 Å². The van der Waals surface area contributed by atoms with Crippen LogP contribution in [0.3, 0.4) is 0 Å². The van der Waals surface area contributed by atoms with Crippen LogP contribution in [0.1, 0.15) is 17.6 Å². The van der Waals surface area contributed by atoms with E-state index in [0.29, 0.717) is 12.1 Å². The first kappa shape index (κ1) is 10.7. The highest BCUT2D eigenvalue weighted by Crippen LogP contribution is 2.26. The maximum atomic E-state index is 12.2. The molecule has 0 fully saturated rings. The predicted octanol–water partition coefficient (Wildman–Crippen LogP) is 2.30. The summed E-state index contributed by atoms with van der Waals surface area (Å²) in [6.07, 6.45) is 0.662. The van der Waals surface area contributed by atoms with E-state index < -0.39 is 6.43 Å². The summed E-state index contributed by atoms with van der Waals surface area (Å²) in [6, 6.07) is 3.77. The fourth-order valence-corrected chi connectivity index (χ4v) is 1.03. The average molecular weight is 199 g/mol. The number of hydrogen-bond donors (Lipinski definition) is 2. The molecule has 0 spiro atoms. The molecule has 0 saturated carbocycles. The second kappa shape index (κ2) is 4.72. The van der Waals surface area contributed by atoms with Crippen molar-refractivity contribution in [3.05, 3.63) is 35.4 Å². The normalized spacial score (nSPS) is 11.4. The molecule has 0 aliphatic carbocycles. The van der Waals surface area contributed by atoms with Crippen LogP contribution < -0.4 is 5.73 Å².